The van der Waals surface area contributed by atoms with E-state index in [-0.39, 0.29) is 0 Å². The molecule has 0 saturated carbocycles. The Balaban J connectivity index is 1.93. The Labute approximate surface area is 119 Å². The number of pyridine rings is 1. The van der Waals surface area contributed by atoms with E-state index in [2.05, 4.69) is 22.5 Å². The quantitative estimate of drug-likeness (QED) is 0.831. The molecule has 0 atom stereocenters. The van der Waals surface area contributed by atoms with Crippen LogP contribution in [0, 0.1) is 0 Å². The first kappa shape index (κ1) is 13.7. The Morgan fingerprint density at radius 3 is 2.37 bits per heavy atom. The van der Waals surface area contributed by atoms with Crippen LogP contribution in [0.25, 0.3) is 0 Å². The van der Waals surface area contributed by atoms with Crippen LogP contribution in [0.4, 0.5) is 11.6 Å². The molecule has 0 saturated heterocycles. The second-order valence-electron chi connectivity index (χ2n) is 4.31. The van der Waals surface area contributed by atoms with Crippen molar-refractivity contribution in [2.45, 2.75) is 19.9 Å². The molecule has 0 unspecified atom stereocenters. The molecular formula is C15H18ClN3. The lowest BCUT2D eigenvalue weighted by atomic mass is 10.2. The zero-order chi connectivity index (χ0) is 13.5. The van der Waals surface area contributed by atoms with Crippen molar-refractivity contribution in [3.05, 3.63) is 53.1 Å². The van der Waals surface area contributed by atoms with Gasteiger partial charge in [0.05, 0.1) is 0 Å². The summed E-state index contributed by atoms with van der Waals surface area (Å²) in [5.41, 5.74) is 1.18. The molecule has 0 aliphatic heterocycles. The average molecular weight is 276 g/mol. The van der Waals surface area contributed by atoms with Gasteiger partial charge in [0, 0.05) is 18.1 Å². The van der Waals surface area contributed by atoms with Gasteiger partial charge in [0.1, 0.15) is 11.6 Å². The molecule has 0 aliphatic rings. The third-order valence-corrected chi connectivity index (χ3v) is 2.94. The molecule has 2 aromatic rings. The molecule has 2 rings (SSSR count). The van der Waals surface area contributed by atoms with Gasteiger partial charge in [0.2, 0.25) is 0 Å². The molecule has 2 N–H and O–H groups in total. The molecule has 0 bridgehead atoms. The zero-order valence-electron chi connectivity index (χ0n) is 11.0. The van der Waals surface area contributed by atoms with Crippen LogP contribution in [0.15, 0.2) is 42.5 Å². The van der Waals surface area contributed by atoms with Crippen LogP contribution in [0.5, 0.6) is 0 Å². The Kier molecular flexibility index (Phi) is 5.04. The summed E-state index contributed by atoms with van der Waals surface area (Å²) in [5, 5.41) is 7.33. The molecule has 1 aromatic heterocycles. The third-order valence-electron chi connectivity index (χ3n) is 2.69. The van der Waals surface area contributed by atoms with Crippen LogP contribution in [0.2, 0.25) is 5.02 Å². The topological polar surface area (TPSA) is 37.0 Å². The van der Waals surface area contributed by atoms with Gasteiger partial charge in [0.15, 0.2) is 0 Å². The van der Waals surface area contributed by atoms with Crippen LogP contribution in [0.1, 0.15) is 18.9 Å². The number of hydrogen-bond donors (Lipinski definition) is 2. The van der Waals surface area contributed by atoms with Crippen molar-refractivity contribution in [3.8, 4) is 0 Å². The molecule has 4 heteroatoms. The van der Waals surface area contributed by atoms with E-state index in [1.54, 1.807) is 0 Å². The first-order chi connectivity index (χ1) is 9.28. The lowest BCUT2D eigenvalue weighted by Gasteiger charge is -2.08. The maximum Gasteiger partial charge on any atom is 0.128 e. The normalized spacial score (nSPS) is 10.2. The number of rotatable bonds is 6. The van der Waals surface area contributed by atoms with Crippen LogP contribution in [-0.4, -0.2) is 11.5 Å². The summed E-state index contributed by atoms with van der Waals surface area (Å²) in [6, 6.07) is 13.7. The monoisotopic (exact) mass is 275 g/mol. The third kappa shape index (κ3) is 4.45. The Bertz CT molecular complexity index is 511. The Hall–Kier alpha value is -1.74. The summed E-state index contributed by atoms with van der Waals surface area (Å²) < 4.78 is 0. The van der Waals surface area contributed by atoms with Crippen LogP contribution >= 0.6 is 11.6 Å². The first-order valence-electron chi connectivity index (χ1n) is 6.47. The van der Waals surface area contributed by atoms with Crippen molar-refractivity contribution in [2.24, 2.45) is 0 Å². The fraction of sp³-hybridized carbons (Fsp3) is 0.267. The van der Waals surface area contributed by atoms with Gasteiger partial charge < -0.3 is 10.6 Å². The summed E-state index contributed by atoms with van der Waals surface area (Å²) in [6.45, 7) is 3.81. The van der Waals surface area contributed by atoms with E-state index in [1.807, 2.05) is 42.5 Å². The van der Waals surface area contributed by atoms with Gasteiger partial charge in [-0.3, -0.25) is 0 Å². The molecule has 1 heterocycles. The highest BCUT2D eigenvalue weighted by atomic mass is 35.5. The number of anilines is 2. The minimum absolute atomic E-state index is 0.737. The van der Waals surface area contributed by atoms with Crippen LogP contribution < -0.4 is 10.6 Å². The fourth-order valence-electron chi connectivity index (χ4n) is 1.68. The van der Waals surface area contributed by atoms with Crippen LogP contribution in [-0.2, 0) is 6.54 Å². The summed E-state index contributed by atoms with van der Waals surface area (Å²) in [5.74, 6) is 1.78. The van der Waals surface area contributed by atoms with Crippen molar-refractivity contribution in [2.75, 3.05) is 17.2 Å². The number of aromatic nitrogens is 1. The highest BCUT2D eigenvalue weighted by molar-refractivity contribution is 6.30. The average Bonchev–Trinajstić information content (AvgIpc) is 2.45. The first-order valence-corrected chi connectivity index (χ1v) is 6.85. The second-order valence-corrected chi connectivity index (χ2v) is 4.75. The minimum Gasteiger partial charge on any atom is -0.370 e. The molecule has 3 nitrogen and oxygen atoms in total. The zero-order valence-corrected chi connectivity index (χ0v) is 11.7. The van der Waals surface area contributed by atoms with E-state index in [0.717, 1.165) is 36.2 Å². The molecule has 19 heavy (non-hydrogen) atoms. The van der Waals surface area contributed by atoms with Gasteiger partial charge in [-0.2, -0.15) is 0 Å². The molecule has 0 fully saturated rings. The lowest BCUT2D eigenvalue weighted by Crippen LogP contribution is -2.05. The predicted molar refractivity (Wildman–Crippen MR) is 81.8 cm³/mol. The SMILES string of the molecule is CCCNc1cccc(NCc2ccc(Cl)cc2)n1. The van der Waals surface area contributed by atoms with E-state index in [0.29, 0.717) is 0 Å². The maximum atomic E-state index is 5.86. The number of benzene rings is 1. The number of halogens is 1. The number of hydrogen-bond acceptors (Lipinski definition) is 3. The van der Waals surface area contributed by atoms with Crippen molar-refractivity contribution in [1.29, 1.82) is 0 Å². The summed E-state index contributed by atoms with van der Waals surface area (Å²) in [7, 11) is 0. The van der Waals surface area contributed by atoms with Crippen molar-refractivity contribution in [1.82, 2.24) is 4.98 Å². The lowest BCUT2D eigenvalue weighted by molar-refractivity contribution is 0.968. The molecular weight excluding hydrogens is 258 g/mol. The van der Waals surface area contributed by atoms with Gasteiger partial charge in [-0.05, 0) is 36.2 Å². The minimum atomic E-state index is 0.737. The van der Waals surface area contributed by atoms with Gasteiger partial charge in [-0.15, -0.1) is 0 Å². The largest absolute Gasteiger partial charge is 0.370 e. The molecule has 0 aliphatic carbocycles. The van der Waals surface area contributed by atoms with Crippen molar-refractivity contribution in [3.63, 3.8) is 0 Å². The number of nitrogens with zero attached hydrogens (tertiary/aromatic N) is 1. The van der Waals surface area contributed by atoms with Crippen LogP contribution in [0.3, 0.4) is 0 Å². The molecule has 0 radical (unpaired) electrons. The summed E-state index contributed by atoms with van der Waals surface area (Å²) in [6.07, 6.45) is 1.09. The van der Waals surface area contributed by atoms with Gasteiger partial charge in [0.25, 0.3) is 0 Å². The highest BCUT2D eigenvalue weighted by Crippen LogP contribution is 2.13. The summed E-state index contributed by atoms with van der Waals surface area (Å²) >= 11 is 5.86. The van der Waals surface area contributed by atoms with E-state index < -0.39 is 0 Å². The second kappa shape index (κ2) is 7.00. The van der Waals surface area contributed by atoms with Gasteiger partial charge >= 0.3 is 0 Å². The number of nitrogens with one attached hydrogen (secondary N) is 2. The highest BCUT2D eigenvalue weighted by Gasteiger charge is 1.98. The standard InChI is InChI=1S/C15H18ClN3/c1-2-10-17-14-4-3-5-15(19-14)18-11-12-6-8-13(16)9-7-12/h3-9H,2,10-11H2,1H3,(H2,17,18,19). The Morgan fingerprint density at radius 2 is 1.68 bits per heavy atom. The van der Waals surface area contributed by atoms with Crippen molar-refractivity contribution < 1.29 is 0 Å². The molecule has 0 spiro atoms. The van der Waals surface area contributed by atoms with E-state index >= 15 is 0 Å². The van der Waals surface area contributed by atoms with E-state index in [9.17, 15) is 0 Å². The van der Waals surface area contributed by atoms with Gasteiger partial charge in [-0.1, -0.05) is 36.7 Å². The predicted octanol–water partition coefficient (Wildman–Crippen LogP) is 4.17. The van der Waals surface area contributed by atoms with Gasteiger partial charge in [-0.25, -0.2) is 4.98 Å². The maximum absolute atomic E-state index is 5.86. The van der Waals surface area contributed by atoms with E-state index in [4.69, 9.17) is 11.6 Å². The molecule has 1 aromatic carbocycles. The molecule has 0 amide bonds. The Morgan fingerprint density at radius 1 is 1.00 bits per heavy atom. The fourth-order valence-corrected chi connectivity index (χ4v) is 1.81. The molecule has 100 valence electrons. The van der Waals surface area contributed by atoms with E-state index in [1.165, 1.54) is 5.56 Å². The van der Waals surface area contributed by atoms with Crippen molar-refractivity contribution >= 4 is 23.2 Å². The smallest absolute Gasteiger partial charge is 0.128 e. The summed E-state index contributed by atoms with van der Waals surface area (Å²) in [4.78, 5) is 4.49.